The smallest absolute Gasteiger partial charge is 0.419 e. The molecule has 1 aromatic rings. The maximum atomic E-state index is 13.0. The molecule has 8 heteroatoms. The van der Waals surface area contributed by atoms with Gasteiger partial charge in [0.25, 0.3) is 5.91 Å². The summed E-state index contributed by atoms with van der Waals surface area (Å²) in [6.07, 6.45) is 1.12. The van der Waals surface area contributed by atoms with E-state index < -0.39 is 24.1 Å². The summed E-state index contributed by atoms with van der Waals surface area (Å²) >= 11 is 0. The molecule has 27 heavy (non-hydrogen) atoms. The highest BCUT2D eigenvalue weighted by atomic mass is 16.6. The predicted octanol–water partition coefficient (Wildman–Crippen LogP) is 3.39. The molecule has 1 N–H and O–H groups in total. The Hall–Kier alpha value is -3.16. The lowest BCUT2D eigenvalue weighted by atomic mass is 9.98. The molecule has 0 aliphatic carbocycles. The lowest BCUT2D eigenvalue weighted by molar-refractivity contribution is -0.120. The number of benzene rings is 1. The van der Waals surface area contributed by atoms with Crippen LogP contribution in [0, 0.1) is 5.92 Å². The lowest BCUT2D eigenvalue weighted by Gasteiger charge is -2.23. The molecule has 0 radical (unpaired) electrons. The summed E-state index contributed by atoms with van der Waals surface area (Å²) < 4.78 is 4.99. The number of amides is 4. The van der Waals surface area contributed by atoms with Crippen LogP contribution in [0.1, 0.15) is 32.8 Å². The number of rotatable bonds is 6. The third kappa shape index (κ3) is 3.84. The first-order valence-corrected chi connectivity index (χ1v) is 8.61. The number of anilines is 1. The second-order valence-corrected chi connectivity index (χ2v) is 6.25. The molecule has 2 rings (SSSR count). The van der Waals surface area contributed by atoms with Gasteiger partial charge in [0, 0.05) is 0 Å². The van der Waals surface area contributed by atoms with Crippen LogP contribution in [-0.2, 0) is 9.53 Å². The van der Waals surface area contributed by atoms with E-state index in [1.807, 2.05) is 6.92 Å². The van der Waals surface area contributed by atoms with Crippen molar-refractivity contribution in [2.45, 2.75) is 33.2 Å². The van der Waals surface area contributed by atoms with Crippen molar-refractivity contribution in [3.63, 3.8) is 0 Å². The molecular formula is C19H23N3O5. The fraction of sp³-hybridized carbons (Fsp3) is 0.368. The van der Waals surface area contributed by atoms with Gasteiger partial charge in [0.2, 0.25) is 0 Å². The van der Waals surface area contributed by atoms with Crippen molar-refractivity contribution in [3.8, 4) is 0 Å². The fourth-order valence-corrected chi connectivity index (χ4v) is 2.82. The van der Waals surface area contributed by atoms with Crippen LogP contribution in [0.4, 0.5) is 15.3 Å². The molecule has 1 fully saturated rings. The maximum Gasteiger partial charge on any atom is 0.419 e. The molecule has 0 aromatic heterocycles. The van der Waals surface area contributed by atoms with Crippen molar-refractivity contribution in [1.82, 2.24) is 4.90 Å². The minimum absolute atomic E-state index is 0.0570. The van der Waals surface area contributed by atoms with Crippen molar-refractivity contribution in [2.24, 2.45) is 11.1 Å². The van der Waals surface area contributed by atoms with Crippen molar-refractivity contribution in [1.29, 1.82) is 0 Å². The maximum absolute atomic E-state index is 13.0. The van der Waals surface area contributed by atoms with Gasteiger partial charge in [0.15, 0.2) is 0 Å². The zero-order valence-electron chi connectivity index (χ0n) is 15.6. The molecule has 8 nitrogen and oxygen atoms in total. The van der Waals surface area contributed by atoms with Gasteiger partial charge in [-0.1, -0.05) is 50.2 Å². The Labute approximate surface area is 157 Å². The van der Waals surface area contributed by atoms with Crippen LogP contribution in [-0.4, -0.2) is 46.5 Å². The highest BCUT2D eigenvalue weighted by Crippen LogP contribution is 2.30. The Bertz CT molecular complexity index is 772. The minimum atomic E-state index is -0.930. The van der Waals surface area contributed by atoms with Crippen LogP contribution < -0.4 is 4.90 Å². The summed E-state index contributed by atoms with van der Waals surface area (Å²) in [6.45, 7) is 8.72. The quantitative estimate of drug-likeness (QED) is 0.271. The molecule has 1 aliphatic rings. The number of imide groups is 2. The van der Waals surface area contributed by atoms with Crippen LogP contribution in [0.15, 0.2) is 42.1 Å². The van der Waals surface area contributed by atoms with Crippen LogP contribution in [0.2, 0.25) is 0 Å². The molecule has 1 saturated heterocycles. The van der Waals surface area contributed by atoms with E-state index >= 15 is 0 Å². The molecule has 1 aliphatic heterocycles. The number of oxime groups is 1. The largest absolute Gasteiger partial charge is 0.445 e. The second-order valence-electron chi connectivity index (χ2n) is 6.25. The summed E-state index contributed by atoms with van der Waals surface area (Å²) in [5, 5.41) is 12.0. The van der Waals surface area contributed by atoms with Crippen LogP contribution in [0.3, 0.4) is 0 Å². The third-order valence-corrected chi connectivity index (χ3v) is 4.55. The van der Waals surface area contributed by atoms with Gasteiger partial charge in [-0.25, -0.2) is 19.4 Å². The van der Waals surface area contributed by atoms with E-state index in [1.54, 1.807) is 38.1 Å². The van der Waals surface area contributed by atoms with Crippen LogP contribution in [0.25, 0.3) is 0 Å². The number of carbonyl (C=O) groups is 3. The standard InChI is InChI=1S/C19H23N3O5/c1-5-11-27-19(25)22-16(12(3)6-2)17(23)21(18(22)24)15-9-7-14(8-10-15)13(4)20-26/h5,7-10,12,16,26H,1,6,11H2,2-4H3/b20-13+. The van der Waals surface area contributed by atoms with Crippen LogP contribution >= 0.6 is 0 Å². The summed E-state index contributed by atoms with van der Waals surface area (Å²) in [6, 6.07) is 4.70. The Morgan fingerprint density at radius 2 is 2.00 bits per heavy atom. The number of ether oxygens (including phenoxy) is 1. The molecule has 0 spiro atoms. The van der Waals surface area contributed by atoms with E-state index in [4.69, 9.17) is 9.94 Å². The molecule has 0 saturated carbocycles. The average molecular weight is 373 g/mol. The third-order valence-electron chi connectivity index (χ3n) is 4.55. The van der Waals surface area contributed by atoms with Gasteiger partial charge >= 0.3 is 12.1 Å². The first-order valence-electron chi connectivity index (χ1n) is 8.61. The Morgan fingerprint density at radius 3 is 2.52 bits per heavy atom. The summed E-state index contributed by atoms with van der Waals surface area (Å²) in [7, 11) is 0. The number of nitrogens with zero attached hydrogens (tertiary/aromatic N) is 3. The van der Waals surface area contributed by atoms with E-state index in [0.29, 0.717) is 23.4 Å². The van der Waals surface area contributed by atoms with E-state index in [0.717, 1.165) is 9.80 Å². The zero-order valence-corrected chi connectivity index (χ0v) is 15.6. The van der Waals surface area contributed by atoms with Gasteiger partial charge in [-0.2, -0.15) is 0 Å². The average Bonchev–Trinajstić information content (AvgIpc) is 2.95. The van der Waals surface area contributed by atoms with E-state index in [1.165, 1.54) is 6.08 Å². The first kappa shape index (κ1) is 20.2. The molecule has 144 valence electrons. The van der Waals surface area contributed by atoms with Crippen molar-refractivity contribution < 1.29 is 24.3 Å². The zero-order chi connectivity index (χ0) is 20.1. The summed E-state index contributed by atoms with van der Waals surface area (Å²) in [4.78, 5) is 40.0. The number of hydrogen-bond acceptors (Lipinski definition) is 6. The predicted molar refractivity (Wildman–Crippen MR) is 99.9 cm³/mol. The second kappa shape index (κ2) is 8.48. The van der Waals surface area contributed by atoms with Gasteiger partial charge in [-0.05, 0) is 30.5 Å². The molecular weight excluding hydrogens is 350 g/mol. The fourth-order valence-electron chi connectivity index (χ4n) is 2.82. The Morgan fingerprint density at radius 1 is 1.37 bits per heavy atom. The van der Waals surface area contributed by atoms with Crippen molar-refractivity contribution >= 4 is 29.4 Å². The van der Waals surface area contributed by atoms with Gasteiger partial charge in [0.1, 0.15) is 12.6 Å². The molecule has 2 atom stereocenters. The number of carbonyl (C=O) groups excluding carboxylic acids is 3. The highest BCUT2D eigenvalue weighted by Gasteiger charge is 2.51. The van der Waals surface area contributed by atoms with Gasteiger partial charge in [-0.15, -0.1) is 0 Å². The van der Waals surface area contributed by atoms with Gasteiger partial charge in [-0.3, -0.25) is 4.79 Å². The summed E-state index contributed by atoms with van der Waals surface area (Å²) in [5.74, 6) is -0.712. The van der Waals surface area contributed by atoms with Crippen LogP contribution in [0.5, 0.6) is 0 Å². The molecule has 0 bridgehead atoms. The van der Waals surface area contributed by atoms with E-state index in [9.17, 15) is 14.4 Å². The SMILES string of the molecule is C=CCOC(=O)N1C(=O)N(c2ccc(/C(C)=N/O)cc2)C(=O)C1C(C)CC. The van der Waals surface area contributed by atoms with Crippen molar-refractivity contribution in [3.05, 3.63) is 42.5 Å². The topological polar surface area (TPSA) is 99.5 Å². The monoisotopic (exact) mass is 373 g/mol. The summed E-state index contributed by atoms with van der Waals surface area (Å²) in [5.41, 5.74) is 1.36. The molecule has 1 aromatic carbocycles. The Kier molecular flexibility index (Phi) is 6.33. The Balaban J connectivity index is 2.39. The normalized spacial score (nSPS) is 18.6. The number of urea groups is 1. The molecule has 2 unspecified atom stereocenters. The lowest BCUT2D eigenvalue weighted by Crippen LogP contribution is -2.44. The first-order chi connectivity index (χ1) is 12.9. The van der Waals surface area contributed by atoms with E-state index in [2.05, 4.69) is 11.7 Å². The minimum Gasteiger partial charge on any atom is -0.445 e. The van der Waals surface area contributed by atoms with Gasteiger partial charge < -0.3 is 9.94 Å². The van der Waals surface area contributed by atoms with E-state index in [-0.39, 0.29) is 12.5 Å². The van der Waals surface area contributed by atoms with Gasteiger partial charge in [0.05, 0.1) is 11.4 Å². The molecule has 4 amide bonds. The highest BCUT2D eigenvalue weighted by molar-refractivity contribution is 6.25. The van der Waals surface area contributed by atoms with Crippen molar-refractivity contribution in [2.75, 3.05) is 11.5 Å². The number of hydrogen-bond donors (Lipinski definition) is 1. The molecule has 1 heterocycles.